The Morgan fingerprint density at radius 2 is 1.35 bits per heavy atom. The lowest BCUT2D eigenvalue weighted by atomic mass is 9.96. The van der Waals surface area contributed by atoms with Crippen molar-refractivity contribution in [3.63, 3.8) is 0 Å². The Bertz CT molecular complexity index is 2450. The van der Waals surface area contributed by atoms with Crippen LogP contribution in [0, 0.1) is 5.92 Å². The molecule has 0 fully saturated rings. The average Bonchev–Trinajstić information content (AvgIpc) is 3.66. The van der Waals surface area contributed by atoms with Crippen molar-refractivity contribution in [1.82, 2.24) is 19.8 Å². The van der Waals surface area contributed by atoms with Crippen molar-refractivity contribution in [2.24, 2.45) is 10.9 Å². The Labute approximate surface area is 279 Å². The third kappa shape index (κ3) is 4.31. The van der Waals surface area contributed by atoms with Crippen molar-refractivity contribution in [1.29, 1.82) is 0 Å². The van der Waals surface area contributed by atoms with Gasteiger partial charge >= 0.3 is 0 Å². The number of nitrogens with zero attached hydrogens (tertiary/aromatic N) is 3. The minimum absolute atomic E-state index is 0.0322. The maximum Gasteiger partial charge on any atom is 0.206 e. The van der Waals surface area contributed by atoms with Crippen molar-refractivity contribution < 1.29 is 0 Å². The Balaban J connectivity index is 1.20. The summed E-state index contributed by atoms with van der Waals surface area (Å²) in [7, 11) is 0. The van der Waals surface area contributed by atoms with Crippen LogP contribution in [0.2, 0.25) is 0 Å². The quantitative estimate of drug-likeness (QED) is 0.207. The van der Waals surface area contributed by atoms with Crippen LogP contribution in [0.25, 0.3) is 55.3 Å². The molecular formula is C43H35N5. The Morgan fingerprint density at radius 3 is 2.10 bits per heavy atom. The fourth-order valence-corrected chi connectivity index (χ4v) is 8.15. The molecule has 1 aliphatic heterocycles. The second kappa shape index (κ2) is 11.0. The lowest BCUT2D eigenvalue weighted by Gasteiger charge is -2.36. The van der Waals surface area contributed by atoms with Crippen molar-refractivity contribution in [3.05, 3.63) is 156 Å². The molecule has 0 saturated heterocycles. The molecule has 2 aliphatic carbocycles. The number of aliphatic imine (C=N–C) groups is 1. The zero-order valence-corrected chi connectivity index (χ0v) is 26.6. The molecule has 5 nitrogen and oxygen atoms in total. The van der Waals surface area contributed by atoms with Crippen molar-refractivity contribution in [2.75, 3.05) is 0 Å². The monoisotopic (exact) mass is 621 g/mol. The third-order valence-corrected chi connectivity index (χ3v) is 10.4. The molecule has 232 valence electrons. The van der Waals surface area contributed by atoms with Crippen LogP contribution in [0.1, 0.15) is 35.8 Å². The Morgan fingerprint density at radius 1 is 0.646 bits per heavy atom. The van der Waals surface area contributed by atoms with Gasteiger partial charge in [0.15, 0.2) is 0 Å². The van der Waals surface area contributed by atoms with Crippen LogP contribution in [0.15, 0.2) is 145 Å². The maximum absolute atomic E-state index is 5.42. The summed E-state index contributed by atoms with van der Waals surface area (Å²) in [5, 5.41) is 14.1. The summed E-state index contributed by atoms with van der Waals surface area (Å²) in [6.07, 6.45) is 14.0. The summed E-state index contributed by atoms with van der Waals surface area (Å²) in [4.78, 5) is 5.42. The summed E-state index contributed by atoms with van der Waals surface area (Å²) in [6.45, 7) is 0. The minimum atomic E-state index is -0.160. The fourth-order valence-electron chi connectivity index (χ4n) is 8.15. The molecule has 0 amide bonds. The van der Waals surface area contributed by atoms with Gasteiger partial charge in [-0.3, -0.25) is 9.88 Å². The number of fused-ring (bicyclic) bond motifs is 7. The molecule has 7 aromatic rings. The first-order chi connectivity index (χ1) is 23.8. The van der Waals surface area contributed by atoms with Crippen LogP contribution in [0.4, 0.5) is 0 Å². The molecular weight excluding hydrogens is 587 g/mol. The molecule has 0 radical (unpaired) electrons. The first-order valence-corrected chi connectivity index (χ1v) is 17.0. The maximum atomic E-state index is 5.42. The lowest BCUT2D eigenvalue weighted by Crippen LogP contribution is -2.56. The van der Waals surface area contributed by atoms with E-state index in [0.29, 0.717) is 5.92 Å². The summed E-state index contributed by atoms with van der Waals surface area (Å²) >= 11 is 0. The number of benzene rings is 5. The van der Waals surface area contributed by atoms with Gasteiger partial charge in [0.25, 0.3) is 0 Å². The third-order valence-electron chi connectivity index (χ3n) is 10.4. The Kier molecular flexibility index (Phi) is 6.27. The molecule has 10 rings (SSSR count). The van der Waals surface area contributed by atoms with E-state index in [-0.39, 0.29) is 12.3 Å². The molecule has 0 spiro atoms. The standard InChI is InChI=1S/C43H35N5/c1-3-13-28(14-4-1)41-44-42(29-15-5-2-6-16-29)46-43(45-41)48-39-24-23-32(27-36(39)35-25-30-17-7-8-18-31(30)26-40(35)48)47-37-21-11-9-19-33(37)34-20-10-12-22-38(34)47/h1-15,17-22,25-27,29,41-42,44H,16,23-24H2,(H,45,46). The second-order valence-electron chi connectivity index (χ2n) is 13.2. The van der Waals surface area contributed by atoms with Crippen molar-refractivity contribution in [2.45, 2.75) is 31.6 Å². The SMILES string of the molecule is C1=CCC(C2NC(n3c4c(c5cc6ccccc6cc53)C=C(n3c5ccccc5c5ccccc53)CC4)=NC(c3ccccc3)N2)C=C1. The average molecular weight is 622 g/mol. The zero-order valence-electron chi connectivity index (χ0n) is 26.6. The number of para-hydroxylation sites is 2. The summed E-state index contributed by atoms with van der Waals surface area (Å²) in [5.41, 5.74) is 8.80. The smallest absolute Gasteiger partial charge is 0.206 e. The number of rotatable bonds is 3. The molecule has 0 bridgehead atoms. The molecule has 3 heterocycles. The molecule has 48 heavy (non-hydrogen) atoms. The highest BCUT2D eigenvalue weighted by atomic mass is 15.4. The number of allylic oxidation sites excluding steroid dienone is 4. The minimum Gasteiger partial charge on any atom is -0.340 e. The zero-order chi connectivity index (χ0) is 31.6. The van der Waals surface area contributed by atoms with E-state index in [4.69, 9.17) is 4.99 Å². The molecule has 2 aromatic heterocycles. The molecule has 5 aromatic carbocycles. The highest BCUT2D eigenvalue weighted by Gasteiger charge is 2.32. The van der Waals surface area contributed by atoms with Crippen LogP contribution >= 0.6 is 0 Å². The van der Waals surface area contributed by atoms with E-state index in [9.17, 15) is 0 Å². The predicted octanol–water partition coefficient (Wildman–Crippen LogP) is 9.40. The van der Waals surface area contributed by atoms with Gasteiger partial charge in [-0.2, -0.15) is 0 Å². The van der Waals surface area contributed by atoms with Gasteiger partial charge < -0.3 is 9.88 Å². The number of hydrogen-bond donors (Lipinski definition) is 2. The number of aromatic nitrogens is 2. The number of hydrogen-bond acceptors (Lipinski definition) is 3. The van der Waals surface area contributed by atoms with Crippen LogP contribution < -0.4 is 10.6 Å². The second-order valence-corrected chi connectivity index (χ2v) is 13.2. The van der Waals surface area contributed by atoms with Crippen LogP contribution in [0.5, 0.6) is 0 Å². The van der Waals surface area contributed by atoms with Gasteiger partial charge in [0, 0.05) is 39.0 Å². The van der Waals surface area contributed by atoms with E-state index in [2.05, 4.69) is 165 Å². The molecule has 3 unspecified atom stereocenters. The van der Waals surface area contributed by atoms with Gasteiger partial charge in [-0.1, -0.05) is 115 Å². The highest BCUT2D eigenvalue weighted by molar-refractivity contribution is 6.12. The van der Waals surface area contributed by atoms with Gasteiger partial charge in [0.2, 0.25) is 5.96 Å². The predicted molar refractivity (Wildman–Crippen MR) is 200 cm³/mol. The van der Waals surface area contributed by atoms with Gasteiger partial charge in [-0.05, 0) is 65.9 Å². The summed E-state index contributed by atoms with van der Waals surface area (Å²) in [5.74, 6) is 1.22. The van der Waals surface area contributed by atoms with Gasteiger partial charge in [-0.25, -0.2) is 4.99 Å². The van der Waals surface area contributed by atoms with Crippen LogP contribution in [-0.2, 0) is 6.42 Å². The van der Waals surface area contributed by atoms with Crippen molar-refractivity contribution in [3.8, 4) is 0 Å². The van der Waals surface area contributed by atoms with E-state index in [1.807, 2.05) is 0 Å². The number of nitrogens with one attached hydrogen (secondary N) is 2. The van der Waals surface area contributed by atoms with Crippen LogP contribution in [-0.4, -0.2) is 21.3 Å². The van der Waals surface area contributed by atoms with E-state index in [0.717, 1.165) is 25.2 Å². The van der Waals surface area contributed by atoms with E-state index < -0.39 is 0 Å². The molecule has 5 heteroatoms. The summed E-state index contributed by atoms with van der Waals surface area (Å²) in [6, 6.07) is 41.7. The van der Waals surface area contributed by atoms with E-state index in [1.165, 1.54) is 66.0 Å². The molecule has 3 atom stereocenters. The first kappa shape index (κ1) is 27.5. The largest absolute Gasteiger partial charge is 0.340 e. The highest BCUT2D eigenvalue weighted by Crippen LogP contribution is 2.40. The van der Waals surface area contributed by atoms with Crippen molar-refractivity contribution >= 4 is 61.2 Å². The topological polar surface area (TPSA) is 46.3 Å². The van der Waals surface area contributed by atoms with Gasteiger partial charge in [0.1, 0.15) is 6.17 Å². The normalized spacial score (nSPS) is 20.6. The van der Waals surface area contributed by atoms with Gasteiger partial charge in [0.05, 0.1) is 22.7 Å². The van der Waals surface area contributed by atoms with Crippen LogP contribution in [0.3, 0.4) is 0 Å². The van der Waals surface area contributed by atoms with Gasteiger partial charge in [-0.15, -0.1) is 0 Å². The lowest BCUT2D eigenvalue weighted by molar-refractivity contribution is 0.324. The molecule has 0 saturated carbocycles. The van der Waals surface area contributed by atoms with E-state index >= 15 is 0 Å². The summed E-state index contributed by atoms with van der Waals surface area (Å²) < 4.78 is 4.92. The van der Waals surface area contributed by atoms with E-state index in [1.54, 1.807) is 0 Å². The fraction of sp³-hybridized carbons (Fsp3) is 0.140. The first-order valence-electron chi connectivity index (χ1n) is 17.0. The Hall–Kier alpha value is -5.65. The molecule has 2 N–H and O–H groups in total. The molecule has 3 aliphatic rings.